The van der Waals surface area contributed by atoms with Crippen LogP contribution in [0.2, 0.25) is 0 Å². The number of aryl methyl sites for hydroxylation is 1. The number of hydrogen-bond donors (Lipinski definition) is 3. The second-order valence-corrected chi connectivity index (χ2v) is 6.50. The molecule has 0 atom stereocenters. The average Bonchev–Trinajstić information content (AvgIpc) is 2.73. The number of aromatic nitrogens is 2. The summed E-state index contributed by atoms with van der Waals surface area (Å²) in [5.41, 5.74) is 9.29. The molecule has 0 bridgehead atoms. The number of hydrogen-bond acceptors (Lipinski definition) is 7. The second-order valence-electron chi connectivity index (χ2n) is 6.50. The Morgan fingerprint density at radius 2 is 2.00 bits per heavy atom. The lowest BCUT2D eigenvalue weighted by Gasteiger charge is -2.21. The lowest BCUT2D eigenvalue weighted by molar-refractivity contribution is 0.0944. The van der Waals surface area contributed by atoms with Gasteiger partial charge in [-0.25, -0.2) is 15.2 Å². The zero-order valence-electron chi connectivity index (χ0n) is 18.4. The first-order valence-electron chi connectivity index (χ1n) is 10.2. The molecule has 0 unspecified atom stereocenters. The van der Waals surface area contributed by atoms with E-state index < -0.39 is 6.67 Å². The van der Waals surface area contributed by atoms with Gasteiger partial charge in [-0.1, -0.05) is 26.8 Å². The van der Waals surface area contributed by atoms with Gasteiger partial charge in [0.15, 0.2) is 0 Å². The Balaban J connectivity index is 0.00000218. The number of fused-ring (bicyclic) bond motifs is 1. The number of nitrogens with one attached hydrogen (secondary N) is 1. The lowest BCUT2D eigenvalue weighted by atomic mass is 10.2. The number of nitrogens with zero attached hydrogens (tertiary/aromatic N) is 4. The number of amides is 1. The normalized spacial score (nSPS) is 11.2. The molecule has 166 valence electrons. The van der Waals surface area contributed by atoms with E-state index in [1.54, 1.807) is 0 Å². The van der Waals surface area contributed by atoms with Gasteiger partial charge >= 0.3 is 0 Å². The van der Waals surface area contributed by atoms with Crippen molar-refractivity contribution in [3.05, 3.63) is 47.6 Å². The minimum absolute atomic E-state index is 0.0925. The molecule has 1 aromatic heterocycles. The molecule has 1 aromatic carbocycles. The highest BCUT2D eigenvalue weighted by Gasteiger charge is 2.10. The molecule has 8 nitrogen and oxygen atoms in total. The summed E-state index contributed by atoms with van der Waals surface area (Å²) in [5, 5.41) is 4.07. The highest BCUT2D eigenvalue weighted by molar-refractivity contribution is 5.93. The molecule has 5 N–H and O–H groups in total. The number of carbonyl (C=O) groups excluding carboxylic acids is 1. The van der Waals surface area contributed by atoms with Crippen molar-refractivity contribution >= 4 is 16.9 Å². The highest BCUT2D eigenvalue weighted by atomic mass is 19.1. The number of likely N-dealkylation sites (N-methyl/N-ethyl adjacent to an activating group) is 1. The van der Waals surface area contributed by atoms with Gasteiger partial charge in [0.1, 0.15) is 12.4 Å². The summed E-state index contributed by atoms with van der Waals surface area (Å²) in [5.74, 6) is 5.33. The quantitative estimate of drug-likeness (QED) is 0.398. The van der Waals surface area contributed by atoms with Crippen LogP contribution in [0.3, 0.4) is 0 Å². The fourth-order valence-corrected chi connectivity index (χ4v) is 2.67. The van der Waals surface area contributed by atoms with E-state index in [-0.39, 0.29) is 18.1 Å². The number of hydrazine groups is 1. The molecule has 0 saturated heterocycles. The van der Waals surface area contributed by atoms with E-state index in [1.807, 2.05) is 50.8 Å². The maximum absolute atomic E-state index is 12.3. The minimum Gasteiger partial charge on any atom is -0.400 e. The Hall–Kier alpha value is -2.78. The molecule has 9 heteroatoms. The van der Waals surface area contributed by atoms with Gasteiger partial charge in [0.2, 0.25) is 0 Å². The first kappa shape index (κ1) is 25.3. The van der Waals surface area contributed by atoms with Crippen LogP contribution >= 0.6 is 0 Å². The largest absolute Gasteiger partial charge is 0.400 e. The fraction of sp³-hybridized carbons (Fsp3) is 0.476. The maximum atomic E-state index is 12.3. The van der Waals surface area contributed by atoms with Crippen LogP contribution in [0.25, 0.3) is 11.0 Å². The molecule has 0 spiro atoms. The van der Waals surface area contributed by atoms with Gasteiger partial charge in [0, 0.05) is 31.5 Å². The molecule has 1 amide bonds. The molecule has 0 aliphatic heterocycles. The molecule has 2 aromatic rings. The Morgan fingerprint density at radius 1 is 1.27 bits per heavy atom. The summed E-state index contributed by atoms with van der Waals surface area (Å²) < 4.78 is 12.3. The molecule has 30 heavy (non-hydrogen) atoms. The van der Waals surface area contributed by atoms with E-state index >= 15 is 0 Å². The Labute approximate surface area is 178 Å². The van der Waals surface area contributed by atoms with E-state index in [2.05, 4.69) is 15.3 Å². The first-order chi connectivity index (χ1) is 14.4. The zero-order valence-corrected chi connectivity index (χ0v) is 18.4. The van der Waals surface area contributed by atoms with E-state index in [1.165, 1.54) is 17.4 Å². The van der Waals surface area contributed by atoms with Crippen LogP contribution in [-0.4, -0.2) is 65.2 Å². The number of rotatable bonds is 10. The fourth-order valence-electron chi connectivity index (χ4n) is 2.67. The van der Waals surface area contributed by atoms with Crippen LogP contribution in [0.5, 0.6) is 0 Å². The third-order valence-corrected chi connectivity index (χ3v) is 4.17. The van der Waals surface area contributed by atoms with Crippen LogP contribution in [0, 0.1) is 6.92 Å². The predicted molar refractivity (Wildman–Crippen MR) is 119 cm³/mol. The molecule has 0 aliphatic rings. The van der Waals surface area contributed by atoms with E-state index in [4.69, 9.17) is 11.6 Å². The zero-order chi connectivity index (χ0) is 22.5. The Kier molecular flexibility index (Phi) is 11.3. The molecule has 0 fully saturated rings. The summed E-state index contributed by atoms with van der Waals surface area (Å²) >= 11 is 0. The van der Waals surface area contributed by atoms with Gasteiger partial charge < -0.3 is 16.1 Å². The SMILES string of the molecule is CC.CCN(CCNC(=O)c1cnc2cc(C)ccc2n1)C/C(N)=C/N(N)CCF. The average molecular weight is 420 g/mol. The molecule has 0 saturated carbocycles. The molecule has 0 radical (unpaired) electrons. The third-order valence-electron chi connectivity index (χ3n) is 4.17. The van der Waals surface area contributed by atoms with Gasteiger partial charge in [-0.05, 0) is 31.2 Å². The van der Waals surface area contributed by atoms with E-state index in [9.17, 15) is 9.18 Å². The Morgan fingerprint density at radius 3 is 2.67 bits per heavy atom. The molecule has 2 rings (SSSR count). The Bertz CT molecular complexity index is 828. The van der Waals surface area contributed by atoms with Gasteiger partial charge in [-0.2, -0.15) is 0 Å². The monoisotopic (exact) mass is 419 g/mol. The summed E-state index contributed by atoms with van der Waals surface area (Å²) in [6, 6.07) is 5.72. The van der Waals surface area contributed by atoms with Crippen molar-refractivity contribution < 1.29 is 9.18 Å². The summed E-state index contributed by atoms with van der Waals surface area (Å²) in [4.78, 5) is 23.1. The van der Waals surface area contributed by atoms with Crippen molar-refractivity contribution in [3.8, 4) is 0 Å². The van der Waals surface area contributed by atoms with Crippen molar-refractivity contribution in [2.24, 2.45) is 11.6 Å². The van der Waals surface area contributed by atoms with Crippen LogP contribution < -0.4 is 16.9 Å². The van der Waals surface area contributed by atoms with Gasteiger partial charge in [0.05, 0.1) is 23.8 Å². The van der Waals surface area contributed by atoms with Crippen LogP contribution in [0.15, 0.2) is 36.3 Å². The maximum Gasteiger partial charge on any atom is 0.271 e. The molecule has 1 heterocycles. The van der Waals surface area contributed by atoms with E-state index in [0.717, 1.165) is 17.6 Å². The number of carbonyl (C=O) groups is 1. The lowest BCUT2D eigenvalue weighted by Crippen LogP contribution is -2.38. The van der Waals surface area contributed by atoms with Crippen molar-refractivity contribution in [3.63, 3.8) is 0 Å². The van der Waals surface area contributed by atoms with E-state index in [0.29, 0.717) is 30.8 Å². The molecular weight excluding hydrogens is 385 g/mol. The number of benzene rings is 1. The van der Waals surface area contributed by atoms with Crippen molar-refractivity contribution in [1.82, 2.24) is 25.2 Å². The summed E-state index contributed by atoms with van der Waals surface area (Å²) in [6.45, 7) is 9.78. The van der Waals surface area contributed by atoms with Crippen molar-refractivity contribution in [2.45, 2.75) is 27.7 Å². The van der Waals surface area contributed by atoms with Crippen LogP contribution in [0.4, 0.5) is 4.39 Å². The van der Waals surface area contributed by atoms with Crippen molar-refractivity contribution in [2.75, 3.05) is 39.4 Å². The number of alkyl halides is 1. The van der Waals surface area contributed by atoms with Crippen LogP contribution in [0.1, 0.15) is 36.8 Å². The topological polar surface area (TPSA) is 113 Å². The van der Waals surface area contributed by atoms with Gasteiger partial charge in [0.25, 0.3) is 5.91 Å². The van der Waals surface area contributed by atoms with Gasteiger partial charge in [-0.15, -0.1) is 0 Å². The minimum atomic E-state index is -0.541. The second kappa shape index (κ2) is 13.4. The van der Waals surface area contributed by atoms with Gasteiger partial charge in [-0.3, -0.25) is 14.7 Å². The first-order valence-corrected chi connectivity index (χ1v) is 10.2. The molecule has 0 aliphatic carbocycles. The predicted octanol–water partition coefficient (Wildman–Crippen LogP) is 1.96. The smallest absolute Gasteiger partial charge is 0.271 e. The number of nitrogens with two attached hydrogens (primary N) is 2. The molecular formula is C21H34FN7O. The van der Waals surface area contributed by atoms with Crippen molar-refractivity contribution in [1.29, 1.82) is 0 Å². The standard InChI is InChI=1S/C19H28FN7O.C2H6/c1-3-26(12-15(21)13-27(22)8-6-20)9-7-23-19(28)18-11-24-17-10-14(2)4-5-16(17)25-18;1-2/h4-5,10-11,13H,3,6-9,12,21-22H2,1-2H3,(H,23,28);1-2H3/b15-13-;. The summed E-state index contributed by atoms with van der Waals surface area (Å²) in [6.07, 6.45) is 3.00. The van der Waals surface area contributed by atoms with Crippen LogP contribution in [-0.2, 0) is 0 Å². The highest BCUT2D eigenvalue weighted by Crippen LogP contribution is 2.11. The number of halogens is 1. The third kappa shape index (κ3) is 8.30. The summed E-state index contributed by atoms with van der Waals surface area (Å²) in [7, 11) is 0.